The third kappa shape index (κ3) is 1.24. The van der Waals surface area contributed by atoms with Crippen LogP contribution in [0.1, 0.15) is 5.69 Å². The fourth-order valence-electron chi connectivity index (χ4n) is 2.02. The molecule has 0 unspecified atom stereocenters. The Bertz CT molecular complexity index is 885. The van der Waals surface area contributed by atoms with E-state index in [1.807, 2.05) is 6.07 Å². The topological polar surface area (TPSA) is 63.1 Å². The molecular weight excluding hydrogens is 235 g/mol. The molecule has 2 heterocycles. The third-order valence-electron chi connectivity index (χ3n) is 2.89. The maximum Gasteiger partial charge on any atom is 0.282 e. The smallest absolute Gasteiger partial charge is 0.282 e. The van der Waals surface area contributed by atoms with Gasteiger partial charge in [0.15, 0.2) is 5.69 Å². The zero-order valence-corrected chi connectivity index (χ0v) is 9.38. The van der Waals surface area contributed by atoms with Gasteiger partial charge in [-0.25, -0.2) is 4.39 Å². The van der Waals surface area contributed by atoms with Gasteiger partial charge in [-0.3, -0.25) is 4.79 Å². The van der Waals surface area contributed by atoms with Gasteiger partial charge in [0, 0.05) is 13.1 Å². The minimum Gasteiger partial charge on any atom is -0.328 e. The van der Waals surface area contributed by atoms with E-state index in [-0.39, 0.29) is 11.1 Å². The van der Waals surface area contributed by atoms with E-state index in [1.54, 1.807) is 11.6 Å². The van der Waals surface area contributed by atoms with Crippen LogP contribution in [0.5, 0.6) is 0 Å². The van der Waals surface area contributed by atoms with E-state index in [1.165, 1.54) is 24.3 Å². The molecule has 0 bridgehead atoms. The van der Waals surface area contributed by atoms with Gasteiger partial charge in [-0.2, -0.15) is 14.9 Å². The molecule has 1 aromatic carbocycles. The predicted molar refractivity (Wildman–Crippen MR) is 62.6 cm³/mol. The molecule has 0 saturated carbocycles. The van der Waals surface area contributed by atoms with Crippen LogP contribution in [0.4, 0.5) is 4.39 Å². The van der Waals surface area contributed by atoms with Crippen molar-refractivity contribution < 1.29 is 4.39 Å². The zero-order chi connectivity index (χ0) is 12.9. The van der Waals surface area contributed by atoms with Crippen molar-refractivity contribution in [3.05, 3.63) is 46.1 Å². The molecule has 0 N–H and O–H groups in total. The van der Waals surface area contributed by atoms with Crippen molar-refractivity contribution in [1.29, 1.82) is 5.26 Å². The van der Waals surface area contributed by atoms with E-state index in [2.05, 4.69) is 5.10 Å². The Hall–Kier alpha value is -2.68. The highest BCUT2D eigenvalue weighted by molar-refractivity contribution is 5.80. The number of hydrogen-bond donors (Lipinski definition) is 0. The lowest BCUT2D eigenvalue weighted by Crippen LogP contribution is -2.18. The molecule has 5 nitrogen and oxygen atoms in total. The van der Waals surface area contributed by atoms with E-state index in [0.717, 1.165) is 4.52 Å². The summed E-state index contributed by atoms with van der Waals surface area (Å²) in [6.07, 6.45) is 0. The molecule has 0 spiro atoms. The van der Waals surface area contributed by atoms with Crippen LogP contribution < -0.4 is 5.56 Å². The van der Waals surface area contributed by atoms with Crippen LogP contribution in [-0.4, -0.2) is 14.2 Å². The van der Waals surface area contributed by atoms with Gasteiger partial charge < -0.3 is 4.57 Å². The summed E-state index contributed by atoms with van der Waals surface area (Å²) in [5.41, 5.74) is 0.812. The first-order chi connectivity index (χ1) is 8.61. The molecule has 0 atom stereocenters. The number of nitrogens with zero attached hydrogens (tertiary/aromatic N) is 4. The van der Waals surface area contributed by atoms with Crippen LogP contribution in [0.2, 0.25) is 0 Å². The van der Waals surface area contributed by atoms with Gasteiger partial charge in [-0.15, -0.1) is 0 Å². The van der Waals surface area contributed by atoms with E-state index in [0.29, 0.717) is 11.2 Å². The standard InChI is InChI=1S/C12H7FN4O/c1-16-10-3-2-7(13)4-9(10)12(18)17-11(16)5-8(6-14)15-17/h2-5H,1H3. The van der Waals surface area contributed by atoms with E-state index in [9.17, 15) is 9.18 Å². The molecule has 3 rings (SSSR count). The highest BCUT2D eigenvalue weighted by atomic mass is 19.1. The molecule has 0 saturated heterocycles. The van der Waals surface area contributed by atoms with E-state index < -0.39 is 11.4 Å². The number of aromatic nitrogens is 3. The quantitative estimate of drug-likeness (QED) is 0.595. The highest BCUT2D eigenvalue weighted by Gasteiger charge is 2.11. The fraction of sp³-hybridized carbons (Fsp3) is 0.0833. The number of hydrogen-bond acceptors (Lipinski definition) is 3. The minimum absolute atomic E-state index is 0.151. The van der Waals surface area contributed by atoms with E-state index in [4.69, 9.17) is 5.26 Å². The SMILES string of the molecule is Cn1c2ccc(F)cc2c(=O)n2nc(C#N)cc12. The average Bonchev–Trinajstić information content (AvgIpc) is 2.80. The molecule has 0 radical (unpaired) electrons. The van der Waals surface area contributed by atoms with Crippen molar-refractivity contribution in [3.8, 4) is 6.07 Å². The molecule has 3 aromatic rings. The van der Waals surface area contributed by atoms with Gasteiger partial charge in [0.1, 0.15) is 17.5 Å². The second-order valence-corrected chi connectivity index (χ2v) is 3.94. The highest BCUT2D eigenvalue weighted by Crippen LogP contribution is 2.14. The Morgan fingerprint density at radius 1 is 1.39 bits per heavy atom. The molecule has 88 valence electrons. The number of rotatable bonds is 0. The van der Waals surface area contributed by atoms with Gasteiger partial charge in [0.25, 0.3) is 5.56 Å². The van der Waals surface area contributed by atoms with Crippen LogP contribution >= 0.6 is 0 Å². The summed E-state index contributed by atoms with van der Waals surface area (Å²) >= 11 is 0. The molecule has 6 heteroatoms. The summed E-state index contributed by atoms with van der Waals surface area (Å²) in [7, 11) is 1.73. The Balaban J connectivity index is 2.63. The monoisotopic (exact) mass is 242 g/mol. The summed E-state index contributed by atoms with van der Waals surface area (Å²) in [5, 5.41) is 12.9. The van der Waals surface area contributed by atoms with Gasteiger partial charge in [-0.1, -0.05) is 0 Å². The molecule has 0 fully saturated rings. The first kappa shape index (κ1) is 10.5. The van der Waals surface area contributed by atoms with Crippen LogP contribution in [0.3, 0.4) is 0 Å². The van der Waals surface area contributed by atoms with Crippen LogP contribution in [0.25, 0.3) is 16.6 Å². The first-order valence-corrected chi connectivity index (χ1v) is 5.20. The maximum absolute atomic E-state index is 13.2. The molecule has 0 amide bonds. The van der Waals surface area contributed by atoms with Gasteiger partial charge >= 0.3 is 0 Å². The summed E-state index contributed by atoms with van der Waals surface area (Å²) in [4.78, 5) is 12.1. The van der Waals surface area contributed by atoms with Crippen molar-refractivity contribution in [1.82, 2.24) is 14.2 Å². The normalized spacial score (nSPS) is 10.9. The van der Waals surface area contributed by atoms with Crippen molar-refractivity contribution in [2.75, 3.05) is 0 Å². The largest absolute Gasteiger partial charge is 0.328 e. The number of halogens is 1. The lowest BCUT2D eigenvalue weighted by Gasteiger charge is -2.07. The lowest BCUT2D eigenvalue weighted by atomic mass is 10.2. The molecule has 0 aliphatic heterocycles. The predicted octanol–water partition coefficient (Wildman–Crippen LogP) is 1.20. The second-order valence-electron chi connectivity index (χ2n) is 3.94. The van der Waals surface area contributed by atoms with Crippen molar-refractivity contribution in [2.45, 2.75) is 0 Å². The zero-order valence-electron chi connectivity index (χ0n) is 9.38. The number of aryl methyl sites for hydroxylation is 1. The Morgan fingerprint density at radius 2 is 2.17 bits per heavy atom. The Kier molecular flexibility index (Phi) is 1.98. The number of fused-ring (bicyclic) bond motifs is 2. The fourth-order valence-corrected chi connectivity index (χ4v) is 2.02. The van der Waals surface area contributed by atoms with Crippen LogP contribution in [-0.2, 0) is 7.05 Å². The van der Waals surface area contributed by atoms with Crippen molar-refractivity contribution in [2.24, 2.45) is 7.05 Å². The third-order valence-corrected chi connectivity index (χ3v) is 2.89. The van der Waals surface area contributed by atoms with E-state index >= 15 is 0 Å². The molecule has 0 aliphatic rings. The summed E-state index contributed by atoms with van der Waals surface area (Å²) in [6.45, 7) is 0. The Labute approximate surface area is 100 Å². The van der Waals surface area contributed by atoms with Crippen molar-refractivity contribution in [3.63, 3.8) is 0 Å². The second kappa shape index (κ2) is 3.40. The van der Waals surface area contributed by atoms with Gasteiger partial charge in [-0.05, 0) is 18.2 Å². The summed E-state index contributed by atoms with van der Waals surface area (Å²) in [5.74, 6) is -0.480. The number of nitriles is 1. The maximum atomic E-state index is 13.2. The van der Waals surface area contributed by atoms with Gasteiger partial charge in [0.05, 0.1) is 10.9 Å². The average molecular weight is 242 g/mol. The summed E-state index contributed by atoms with van der Waals surface area (Å²) in [6, 6.07) is 7.39. The number of benzene rings is 1. The first-order valence-electron chi connectivity index (χ1n) is 5.20. The van der Waals surface area contributed by atoms with Crippen molar-refractivity contribution >= 4 is 16.6 Å². The molecule has 2 aromatic heterocycles. The molecular formula is C12H7FN4O. The van der Waals surface area contributed by atoms with Crippen LogP contribution in [0, 0.1) is 17.1 Å². The molecule has 18 heavy (non-hydrogen) atoms. The van der Waals surface area contributed by atoms with Crippen LogP contribution in [0.15, 0.2) is 29.1 Å². The Morgan fingerprint density at radius 3 is 2.89 bits per heavy atom. The minimum atomic E-state index is -0.480. The summed E-state index contributed by atoms with van der Waals surface area (Å²) < 4.78 is 16.0. The lowest BCUT2D eigenvalue weighted by molar-refractivity contribution is 0.629. The van der Waals surface area contributed by atoms with Gasteiger partial charge in [0.2, 0.25) is 0 Å². The molecule has 0 aliphatic carbocycles.